The van der Waals surface area contributed by atoms with Gasteiger partial charge >= 0.3 is 6.18 Å². The van der Waals surface area contributed by atoms with Crippen LogP contribution in [0, 0.1) is 0 Å². The van der Waals surface area contributed by atoms with Gasteiger partial charge in [0.2, 0.25) is 5.88 Å². The van der Waals surface area contributed by atoms with Gasteiger partial charge in [-0.3, -0.25) is 4.90 Å². The summed E-state index contributed by atoms with van der Waals surface area (Å²) in [6.45, 7) is 6.28. The summed E-state index contributed by atoms with van der Waals surface area (Å²) < 4.78 is 47.2. The second kappa shape index (κ2) is 10.9. The smallest absolute Gasteiger partial charge is 0.422 e. The Bertz CT molecular complexity index is 592. The molecule has 1 aromatic heterocycles. The molecule has 27 heavy (non-hydrogen) atoms. The molecule has 0 saturated carbocycles. The fourth-order valence-electron chi connectivity index (χ4n) is 2.49. The van der Waals surface area contributed by atoms with Crippen LogP contribution < -0.4 is 15.4 Å². The molecule has 0 atom stereocenters. The normalized spacial score (nSPS) is 16.2. The maximum atomic E-state index is 12.4. The highest BCUT2D eigenvalue weighted by Gasteiger charge is 2.29. The third kappa shape index (κ3) is 8.44. The Morgan fingerprint density at radius 3 is 2.81 bits per heavy atom. The largest absolute Gasteiger partial charge is 0.468 e. The molecule has 1 aromatic rings. The number of aliphatic imine (C=N–C) groups is 1. The summed E-state index contributed by atoms with van der Waals surface area (Å²) in [5, 5.41) is 6.35. The Morgan fingerprint density at radius 2 is 2.11 bits per heavy atom. The van der Waals surface area contributed by atoms with E-state index in [4.69, 9.17) is 9.47 Å². The third-order valence-corrected chi connectivity index (χ3v) is 3.80. The topological polar surface area (TPSA) is 71.0 Å². The van der Waals surface area contributed by atoms with Crippen LogP contribution in [0.3, 0.4) is 0 Å². The minimum absolute atomic E-state index is 0.0530. The molecule has 1 aliphatic heterocycles. The molecule has 0 unspecified atom stereocenters. The molecule has 1 saturated heterocycles. The van der Waals surface area contributed by atoms with E-state index in [1.165, 1.54) is 6.20 Å². The summed E-state index contributed by atoms with van der Waals surface area (Å²) in [4.78, 5) is 10.6. The Labute approximate surface area is 157 Å². The van der Waals surface area contributed by atoms with Crippen LogP contribution in [-0.4, -0.2) is 74.6 Å². The number of guanidine groups is 1. The Morgan fingerprint density at radius 1 is 1.33 bits per heavy atom. The van der Waals surface area contributed by atoms with E-state index in [1.54, 1.807) is 12.1 Å². The highest BCUT2D eigenvalue weighted by Crippen LogP contribution is 2.20. The SMILES string of the molecule is CCNC(=NCc1cccnc1OCC(F)(F)F)NCCN1CCOCC1. The summed E-state index contributed by atoms with van der Waals surface area (Å²) in [5.41, 5.74) is 0.493. The number of ether oxygens (including phenoxy) is 2. The lowest BCUT2D eigenvalue weighted by Crippen LogP contribution is -2.44. The zero-order chi connectivity index (χ0) is 19.5. The van der Waals surface area contributed by atoms with Crippen molar-refractivity contribution in [2.75, 3.05) is 52.5 Å². The fourth-order valence-corrected chi connectivity index (χ4v) is 2.49. The van der Waals surface area contributed by atoms with Crippen molar-refractivity contribution in [3.63, 3.8) is 0 Å². The number of morpholine rings is 1. The van der Waals surface area contributed by atoms with Crippen LogP contribution in [0.25, 0.3) is 0 Å². The average molecular weight is 389 g/mol. The number of nitrogens with zero attached hydrogens (tertiary/aromatic N) is 3. The Kier molecular flexibility index (Phi) is 8.59. The first-order valence-electron chi connectivity index (χ1n) is 8.93. The number of rotatable bonds is 8. The molecule has 0 aliphatic carbocycles. The van der Waals surface area contributed by atoms with E-state index >= 15 is 0 Å². The highest BCUT2D eigenvalue weighted by atomic mass is 19.4. The van der Waals surface area contributed by atoms with E-state index in [9.17, 15) is 13.2 Å². The van der Waals surface area contributed by atoms with Gasteiger partial charge in [0, 0.05) is 44.5 Å². The molecular formula is C17H26F3N5O2. The van der Waals surface area contributed by atoms with E-state index < -0.39 is 12.8 Å². The summed E-state index contributed by atoms with van der Waals surface area (Å²) >= 11 is 0. The van der Waals surface area contributed by atoms with E-state index in [0.717, 1.165) is 32.8 Å². The van der Waals surface area contributed by atoms with Gasteiger partial charge < -0.3 is 20.1 Å². The van der Waals surface area contributed by atoms with Crippen molar-refractivity contribution < 1.29 is 22.6 Å². The average Bonchev–Trinajstić information content (AvgIpc) is 2.65. The molecule has 0 amide bonds. The lowest BCUT2D eigenvalue weighted by Gasteiger charge is -2.26. The van der Waals surface area contributed by atoms with Crippen LogP contribution in [0.2, 0.25) is 0 Å². The van der Waals surface area contributed by atoms with Gasteiger partial charge in [0.25, 0.3) is 0 Å². The van der Waals surface area contributed by atoms with Crippen molar-refractivity contribution in [2.24, 2.45) is 4.99 Å². The van der Waals surface area contributed by atoms with Gasteiger partial charge in [-0.15, -0.1) is 0 Å². The number of hydrogen-bond donors (Lipinski definition) is 2. The van der Waals surface area contributed by atoms with Crippen LogP contribution in [-0.2, 0) is 11.3 Å². The molecular weight excluding hydrogens is 363 g/mol. The highest BCUT2D eigenvalue weighted by molar-refractivity contribution is 5.79. The molecule has 0 bridgehead atoms. The molecule has 2 heterocycles. The van der Waals surface area contributed by atoms with Crippen LogP contribution in [0.5, 0.6) is 5.88 Å². The van der Waals surface area contributed by atoms with Crippen molar-refractivity contribution in [3.8, 4) is 5.88 Å². The monoisotopic (exact) mass is 389 g/mol. The molecule has 0 radical (unpaired) electrons. The predicted octanol–water partition coefficient (Wildman–Crippen LogP) is 1.41. The van der Waals surface area contributed by atoms with Gasteiger partial charge in [-0.25, -0.2) is 9.98 Å². The van der Waals surface area contributed by atoms with Gasteiger partial charge in [0.05, 0.1) is 19.8 Å². The zero-order valence-electron chi connectivity index (χ0n) is 15.4. The van der Waals surface area contributed by atoms with E-state index in [-0.39, 0.29) is 12.4 Å². The van der Waals surface area contributed by atoms with Crippen LogP contribution in [0.15, 0.2) is 23.3 Å². The molecule has 10 heteroatoms. The van der Waals surface area contributed by atoms with E-state index in [1.807, 2.05) is 6.92 Å². The maximum Gasteiger partial charge on any atom is 0.422 e. The lowest BCUT2D eigenvalue weighted by molar-refractivity contribution is -0.154. The van der Waals surface area contributed by atoms with Crippen molar-refractivity contribution >= 4 is 5.96 Å². The first kappa shape index (κ1) is 21.2. The minimum atomic E-state index is -4.41. The second-order valence-electron chi connectivity index (χ2n) is 5.95. The number of nitrogens with one attached hydrogen (secondary N) is 2. The van der Waals surface area contributed by atoms with Crippen molar-refractivity contribution in [1.29, 1.82) is 0 Å². The van der Waals surface area contributed by atoms with E-state index in [0.29, 0.717) is 24.6 Å². The van der Waals surface area contributed by atoms with Gasteiger partial charge in [-0.05, 0) is 13.0 Å². The molecule has 0 spiro atoms. The summed E-state index contributed by atoms with van der Waals surface area (Å²) in [6.07, 6.45) is -3.02. The first-order valence-corrected chi connectivity index (χ1v) is 8.93. The molecule has 152 valence electrons. The van der Waals surface area contributed by atoms with Gasteiger partial charge in [0.1, 0.15) is 0 Å². The molecule has 1 aliphatic rings. The number of pyridine rings is 1. The Hall–Kier alpha value is -2.07. The number of aromatic nitrogens is 1. The van der Waals surface area contributed by atoms with Gasteiger partial charge in [0.15, 0.2) is 12.6 Å². The van der Waals surface area contributed by atoms with Gasteiger partial charge in [-0.2, -0.15) is 13.2 Å². The Balaban J connectivity index is 1.89. The standard InChI is InChI=1S/C17H26F3N5O2/c1-2-21-16(23-6-7-25-8-10-26-11-9-25)24-12-14-4-3-5-22-15(14)27-13-17(18,19)20/h3-5H,2,6-13H2,1H3,(H2,21,23,24). The molecule has 1 fully saturated rings. The van der Waals surface area contributed by atoms with Crippen molar-refractivity contribution in [2.45, 2.75) is 19.6 Å². The molecule has 7 nitrogen and oxygen atoms in total. The second-order valence-corrected chi connectivity index (χ2v) is 5.95. The number of hydrogen-bond acceptors (Lipinski definition) is 5. The molecule has 2 N–H and O–H groups in total. The summed E-state index contributed by atoms with van der Waals surface area (Å²) in [6, 6.07) is 3.30. The van der Waals surface area contributed by atoms with Crippen LogP contribution >= 0.6 is 0 Å². The quantitative estimate of drug-likeness (QED) is 0.518. The minimum Gasteiger partial charge on any atom is -0.468 e. The van der Waals surface area contributed by atoms with Crippen LogP contribution in [0.1, 0.15) is 12.5 Å². The zero-order valence-corrected chi connectivity index (χ0v) is 15.4. The number of alkyl halides is 3. The number of halogens is 3. The third-order valence-electron chi connectivity index (χ3n) is 3.80. The van der Waals surface area contributed by atoms with Crippen LogP contribution in [0.4, 0.5) is 13.2 Å². The maximum absolute atomic E-state index is 12.4. The summed E-state index contributed by atoms with van der Waals surface area (Å²) in [7, 11) is 0. The predicted molar refractivity (Wildman–Crippen MR) is 95.9 cm³/mol. The summed E-state index contributed by atoms with van der Waals surface area (Å²) in [5.74, 6) is 0.541. The van der Waals surface area contributed by atoms with Crippen molar-refractivity contribution in [1.82, 2.24) is 20.5 Å². The molecule has 0 aromatic carbocycles. The van der Waals surface area contributed by atoms with Gasteiger partial charge in [-0.1, -0.05) is 6.07 Å². The fraction of sp³-hybridized carbons (Fsp3) is 0.647. The van der Waals surface area contributed by atoms with Crippen molar-refractivity contribution in [3.05, 3.63) is 23.9 Å². The lowest BCUT2D eigenvalue weighted by atomic mass is 10.3. The first-order chi connectivity index (χ1) is 13.0. The van der Waals surface area contributed by atoms with E-state index in [2.05, 4.69) is 25.5 Å². The molecule has 2 rings (SSSR count).